The van der Waals surface area contributed by atoms with Crippen LogP contribution in [0.1, 0.15) is 27.6 Å². The number of carboxylic acids is 2. The van der Waals surface area contributed by atoms with Crippen LogP contribution in [-0.4, -0.2) is 154 Å². The molecule has 22 heteroatoms. The Bertz CT molecular complexity index is 2590. The van der Waals surface area contributed by atoms with Crippen molar-refractivity contribution >= 4 is 69.0 Å². The molecular weight excluding hydrogens is 787 g/mol. The minimum atomic E-state index is -1.40. The van der Waals surface area contributed by atoms with E-state index in [2.05, 4.69) is 15.0 Å². The summed E-state index contributed by atoms with van der Waals surface area (Å²) in [7, 11) is 0. The third-order valence-electron chi connectivity index (χ3n) is 11.1. The fraction of sp³-hybridized carbons (Fsp3) is 0.368. The number of nitrogens with zero attached hydrogens (tertiary/aromatic N) is 9. The van der Waals surface area contributed by atoms with E-state index < -0.39 is 45.6 Å². The molecule has 20 nitrogen and oxygen atoms in total. The molecule has 9 N–H and O–H groups in total. The molecule has 0 atom stereocenters. The number of nitrogens with one attached hydrogen (secondary N) is 3. The lowest BCUT2D eigenvalue weighted by Gasteiger charge is -2.38. The summed E-state index contributed by atoms with van der Waals surface area (Å²) in [6, 6.07) is 5.16. The van der Waals surface area contributed by atoms with Crippen LogP contribution in [0.15, 0.2) is 56.2 Å². The number of carbonyl (C=O) groups is 2. The minimum Gasteiger partial charge on any atom is -0.477 e. The number of halogens is 2. The smallest absolute Gasteiger partial charge is 0.341 e. The van der Waals surface area contributed by atoms with E-state index in [4.69, 9.17) is 22.3 Å². The monoisotopic (exact) mass is 830 g/mol. The number of piperazine rings is 3. The Balaban J connectivity index is 0.894. The number of anilines is 2. The van der Waals surface area contributed by atoms with Crippen LogP contribution in [0.25, 0.3) is 21.8 Å². The van der Waals surface area contributed by atoms with Crippen LogP contribution in [0.5, 0.6) is 0 Å². The van der Waals surface area contributed by atoms with E-state index in [1.165, 1.54) is 12.3 Å². The van der Waals surface area contributed by atoms with E-state index in [-0.39, 0.29) is 46.0 Å². The number of hydrogen-bond donors (Lipinski definition) is 7. The largest absolute Gasteiger partial charge is 0.477 e. The van der Waals surface area contributed by atoms with Gasteiger partial charge in [-0.2, -0.15) is 9.98 Å². The Kier molecular flexibility index (Phi) is 11.3. The van der Waals surface area contributed by atoms with Gasteiger partial charge in [-0.1, -0.05) is 0 Å². The number of nitrogens with two attached hydrogens (primary N) is 2. The molecule has 0 radical (unpaired) electrons. The van der Waals surface area contributed by atoms with Crippen LogP contribution >= 0.6 is 0 Å². The molecule has 0 aliphatic carbocycles. The summed E-state index contributed by atoms with van der Waals surface area (Å²) in [4.78, 5) is 70.3. The lowest BCUT2D eigenvalue weighted by molar-refractivity contribution is 0.0684. The van der Waals surface area contributed by atoms with Gasteiger partial charge in [0.15, 0.2) is 11.9 Å². The van der Waals surface area contributed by atoms with Crippen LogP contribution < -0.4 is 32.1 Å². The van der Waals surface area contributed by atoms with Gasteiger partial charge in [0.05, 0.1) is 22.4 Å². The Morgan fingerprint density at radius 2 is 1.12 bits per heavy atom. The Morgan fingerprint density at radius 1 is 0.683 bits per heavy atom. The number of aromatic carboxylic acids is 2. The molecule has 3 saturated heterocycles. The molecule has 2 aromatic carbocycles. The number of aryl methyl sites for hydroxylation is 1. The van der Waals surface area contributed by atoms with Gasteiger partial charge in [-0.15, -0.1) is 0 Å². The maximum atomic E-state index is 15.4. The van der Waals surface area contributed by atoms with Crippen LogP contribution in [0.4, 0.5) is 20.2 Å². The average molecular weight is 831 g/mol. The average Bonchev–Trinajstić information content (AvgIpc) is 3.23. The Hall–Kier alpha value is -7.26. The van der Waals surface area contributed by atoms with Gasteiger partial charge >= 0.3 is 11.9 Å². The van der Waals surface area contributed by atoms with Crippen molar-refractivity contribution in [3.8, 4) is 0 Å². The summed E-state index contributed by atoms with van der Waals surface area (Å²) in [6.45, 7) is 6.71. The molecule has 0 amide bonds. The van der Waals surface area contributed by atoms with Crippen molar-refractivity contribution in [1.82, 2.24) is 29.2 Å². The third kappa shape index (κ3) is 7.94. The van der Waals surface area contributed by atoms with E-state index in [1.807, 2.05) is 14.7 Å². The number of fused-ring (bicyclic) bond motifs is 2. The summed E-state index contributed by atoms with van der Waals surface area (Å²) in [5.74, 6) is -3.87. The summed E-state index contributed by atoms with van der Waals surface area (Å²) in [6.07, 6.45) is 2.36. The second-order valence-electron chi connectivity index (χ2n) is 14.5. The number of rotatable bonds is 5. The standard InChI is InChI=1S/C38H44F2N14O6/c1-2-48-20-24(34(59)60)32(56)22-16-26(40)30(18-28(22)48)50-5-9-52(10-6-50)36(42)47-38(44)54-13-11-53(12-14-54)37(43)46-35(41)51-7-3-49(4-8-51)29-17-27-21(15-25(29)39)31(55)23(19-45-27)33(57)58/h15-20H,2-14H2,1H3,(H,45,55)(H,57,58)(H,59,60)(H3,41,43,46)(H3,42,44,47). The normalized spacial score (nSPS) is 16.9. The number of aromatic amines is 1. The SMILES string of the molecule is CCn1cc(C(=O)O)c(=O)c2cc(F)c(N3CCN(C(=N)/N=C(\N)N4CCN(/C(N)=N/C(=N)N5CCN(c6cc7[nH]cc(C(=O)O)c(=O)c7cc6F)CC5)CC4)CC3)cc21. The molecule has 0 spiro atoms. The molecule has 3 aliphatic heterocycles. The second kappa shape index (κ2) is 16.5. The molecule has 4 aromatic rings. The summed E-state index contributed by atoms with van der Waals surface area (Å²) >= 11 is 0. The maximum Gasteiger partial charge on any atom is 0.341 e. The summed E-state index contributed by atoms with van der Waals surface area (Å²) < 4.78 is 32.1. The Labute approximate surface area is 340 Å². The second-order valence-corrected chi connectivity index (χ2v) is 14.5. The Morgan fingerprint density at radius 3 is 1.58 bits per heavy atom. The highest BCUT2D eigenvalue weighted by molar-refractivity contribution is 5.96. The highest BCUT2D eigenvalue weighted by atomic mass is 19.1. The van der Waals surface area contributed by atoms with Crippen LogP contribution in [-0.2, 0) is 6.54 Å². The van der Waals surface area contributed by atoms with Crippen molar-refractivity contribution in [2.75, 3.05) is 88.3 Å². The first-order chi connectivity index (χ1) is 28.6. The number of aliphatic imine (C=N–C) groups is 2. The molecule has 7 rings (SSSR count). The minimum absolute atomic E-state index is 0.00748. The van der Waals surface area contributed by atoms with Gasteiger partial charge < -0.3 is 60.6 Å². The van der Waals surface area contributed by atoms with Gasteiger partial charge in [0.25, 0.3) is 0 Å². The zero-order valence-electron chi connectivity index (χ0n) is 32.6. The van der Waals surface area contributed by atoms with Crippen LogP contribution in [0.3, 0.4) is 0 Å². The lowest BCUT2D eigenvalue weighted by Crippen LogP contribution is -2.55. The third-order valence-corrected chi connectivity index (χ3v) is 11.1. The van der Waals surface area contributed by atoms with Gasteiger partial charge in [-0.25, -0.2) is 18.4 Å². The predicted molar refractivity (Wildman–Crippen MR) is 222 cm³/mol. The molecule has 60 heavy (non-hydrogen) atoms. The van der Waals surface area contributed by atoms with Gasteiger partial charge in [0.2, 0.25) is 22.8 Å². The molecule has 3 fully saturated rings. The molecule has 0 saturated carbocycles. The quantitative estimate of drug-likeness (QED) is 0.107. The van der Waals surface area contributed by atoms with Gasteiger partial charge in [0.1, 0.15) is 22.8 Å². The fourth-order valence-electron chi connectivity index (χ4n) is 7.67. The molecule has 0 bridgehead atoms. The fourth-order valence-corrected chi connectivity index (χ4v) is 7.67. The van der Waals surface area contributed by atoms with Crippen molar-refractivity contribution in [3.05, 3.63) is 79.9 Å². The van der Waals surface area contributed by atoms with E-state index in [9.17, 15) is 29.4 Å². The van der Waals surface area contributed by atoms with Crippen LogP contribution in [0, 0.1) is 22.5 Å². The first-order valence-corrected chi connectivity index (χ1v) is 19.2. The van der Waals surface area contributed by atoms with E-state index in [1.54, 1.807) is 32.3 Å². The maximum absolute atomic E-state index is 15.4. The molecule has 2 aromatic heterocycles. The zero-order chi connectivity index (χ0) is 43.0. The van der Waals surface area contributed by atoms with E-state index >= 15 is 8.78 Å². The lowest BCUT2D eigenvalue weighted by atomic mass is 10.1. The number of carboxylic acid groups (broad SMARTS) is 2. The van der Waals surface area contributed by atoms with Crippen LogP contribution in [0.2, 0.25) is 0 Å². The van der Waals surface area contributed by atoms with Crippen molar-refractivity contribution < 1.29 is 28.6 Å². The first-order valence-electron chi connectivity index (χ1n) is 19.2. The van der Waals surface area contributed by atoms with Crippen molar-refractivity contribution in [2.45, 2.75) is 13.5 Å². The summed E-state index contributed by atoms with van der Waals surface area (Å²) in [5, 5.41) is 35.8. The first kappa shape index (κ1) is 40.9. The highest BCUT2D eigenvalue weighted by Crippen LogP contribution is 2.27. The van der Waals surface area contributed by atoms with E-state index in [0.717, 1.165) is 18.3 Å². The highest BCUT2D eigenvalue weighted by Gasteiger charge is 2.27. The van der Waals surface area contributed by atoms with E-state index in [0.29, 0.717) is 96.1 Å². The number of pyridine rings is 2. The molecule has 3 aliphatic rings. The van der Waals surface area contributed by atoms with Gasteiger partial charge in [-0.3, -0.25) is 20.4 Å². The number of guanidine groups is 4. The van der Waals surface area contributed by atoms with Crippen molar-refractivity contribution in [2.24, 2.45) is 21.5 Å². The van der Waals surface area contributed by atoms with Crippen molar-refractivity contribution in [3.63, 3.8) is 0 Å². The van der Waals surface area contributed by atoms with Gasteiger partial charge in [0, 0.05) is 108 Å². The van der Waals surface area contributed by atoms with Crippen molar-refractivity contribution in [1.29, 1.82) is 10.8 Å². The molecule has 5 heterocycles. The molecule has 0 unspecified atom stereocenters. The number of H-pyrrole nitrogens is 1. The topological polar surface area (TPSA) is 273 Å². The number of aromatic nitrogens is 2. The predicted octanol–water partition coefficient (Wildman–Crippen LogP) is 0.598. The summed E-state index contributed by atoms with van der Waals surface area (Å²) in [5.41, 5.74) is 11.5. The molecular formula is C38H44F2N14O6. The number of benzene rings is 2. The van der Waals surface area contributed by atoms with Gasteiger partial charge in [-0.05, 0) is 31.2 Å². The zero-order valence-corrected chi connectivity index (χ0v) is 32.6. The number of hydrogen-bond acceptors (Lipinski definition) is 8. The molecule has 316 valence electrons.